The van der Waals surface area contributed by atoms with Crippen LogP contribution in [-0.4, -0.2) is 46.4 Å². The van der Waals surface area contributed by atoms with Crippen LogP contribution in [0, 0.1) is 6.92 Å². The normalized spacial score (nSPS) is 15.3. The van der Waals surface area contributed by atoms with E-state index in [-0.39, 0.29) is 12.5 Å². The maximum atomic E-state index is 12.1. The molecule has 140 valence electrons. The summed E-state index contributed by atoms with van der Waals surface area (Å²) in [6.45, 7) is 2.72. The van der Waals surface area contributed by atoms with Gasteiger partial charge in [0.05, 0.1) is 18.0 Å². The number of rotatable bonds is 9. The van der Waals surface area contributed by atoms with Gasteiger partial charge in [-0.3, -0.25) is 9.10 Å². The number of aryl methyl sites for hydroxylation is 1. The van der Waals surface area contributed by atoms with Gasteiger partial charge < -0.3 is 10.1 Å². The van der Waals surface area contributed by atoms with Crippen LogP contribution in [0.15, 0.2) is 24.3 Å². The molecule has 1 N–H and O–H groups in total. The van der Waals surface area contributed by atoms with Crippen LogP contribution in [0.1, 0.15) is 37.7 Å². The first-order chi connectivity index (χ1) is 11.9. The zero-order valence-electron chi connectivity index (χ0n) is 15.0. The molecule has 0 aromatic heterocycles. The van der Waals surface area contributed by atoms with E-state index >= 15 is 0 Å². The van der Waals surface area contributed by atoms with Crippen LogP contribution >= 0.6 is 0 Å². The van der Waals surface area contributed by atoms with Crippen LogP contribution in [0.25, 0.3) is 0 Å². The van der Waals surface area contributed by atoms with Crippen LogP contribution in [0.2, 0.25) is 0 Å². The number of nitrogens with zero attached hydrogens (tertiary/aromatic N) is 1. The fourth-order valence-electron chi connectivity index (χ4n) is 3.02. The molecule has 2 rings (SSSR count). The van der Waals surface area contributed by atoms with E-state index < -0.39 is 10.0 Å². The zero-order chi connectivity index (χ0) is 18.3. The molecule has 1 aromatic rings. The third-order valence-electron chi connectivity index (χ3n) is 4.37. The van der Waals surface area contributed by atoms with E-state index in [1.165, 1.54) is 12.8 Å². The highest BCUT2D eigenvalue weighted by Crippen LogP contribution is 2.22. The second-order valence-electron chi connectivity index (χ2n) is 6.54. The summed E-state index contributed by atoms with van der Waals surface area (Å²) in [5.41, 5.74) is 1.34. The number of para-hydroxylation sites is 1. The van der Waals surface area contributed by atoms with Gasteiger partial charge in [-0.2, -0.15) is 0 Å². The van der Waals surface area contributed by atoms with Crippen LogP contribution < -0.4 is 9.62 Å². The number of carbonyl (C=O) groups is 1. The average molecular weight is 368 g/mol. The number of sulfonamides is 1. The number of hydrogen-bond donors (Lipinski definition) is 1. The highest BCUT2D eigenvalue weighted by atomic mass is 32.2. The Hall–Kier alpha value is -1.60. The minimum atomic E-state index is -3.53. The predicted molar refractivity (Wildman–Crippen MR) is 99.2 cm³/mol. The Labute approximate surface area is 150 Å². The quantitative estimate of drug-likeness (QED) is 0.678. The van der Waals surface area contributed by atoms with E-state index in [0.29, 0.717) is 24.9 Å². The lowest BCUT2D eigenvalue weighted by atomic mass is 10.2. The SMILES string of the molecule is Cc1ccccc1N(CC(=O)NCCCOC1CCCC1)S(C)(=O)=O. The van der Waals surface area contributed by atoms with Gasteiger partial charge in [-0.25, -0.2) is 8.42 Å². The summed E-state index contributed by atoms with van der Waals surface area (Å²) >= 11 is 0. The summed E-state index contributed by atoms with van der Waals surface area (Å²) in [7, 11) is -3.53. The summed E-state index contributed by atoms with van der Waals surface area (Å²) in [5, 5.41) is 2.77. The monoisotopic (exact) mass is 368 g/mol. The topological polar surface area (TPSA) is 75.7 Å². The van der Waals surface area contributed by atoms with E-state index in [0.717, 1.165) is 35.4 Å². The van der Waals surface area contributed by atoms with Crippen molar-refractivity contribution >= 4 is 21.6 Å². The number of nitrogens with one attached hydrogen (secondary N) is 1. The number of hydrogen-bond acceptors (Lipinski definition) is 4. The zero-order valence-corrected chi connectivity index (χ0v) is 15.8. The molecule has 0 spiro atoms. The largest absolute Gasteiger partial charge is 0.378 e. The fourth-order valence-corrected chi connectivity index (χ4v) is 3.93. The first-order valence-corrected chi connectivity index (χ1v) is 10.6. The molecule has 6 nitrogen and oxygen atoms in total. The molecule has 7 heteroatoms. The summed E-state index contributed by atoms with van der Waals surface area (Å²) in [5.74, 6) is -0.311. The molecule has 0 unspecified atom stereocenters. The van der Waals surface area contributed by atoms with Crippen molar-refractivity contribution in [2.45, 2.75) is 45.1 Å². The third-order valence-corrected chi connectivity index (χ3v) is 5.50. The second kappa shape index (κ2) is 9.20. The lowest BCUT2D eigenvalue weighted by Crippen LogP contribution is -2.41. The van der Waals surface area contributed by atoms with E-state index in [9.17, 15) is 13.2 Å². The van der Waals surface area contributed by atoms with E-state index in [4.69, 9.17) is 4.74 Å². The summed E-state index contributed by atoms with van der Waals surface area (Å²) in [6, 6.07) is 7.13. The molecule has 1 aliphatic carbocycles. The van der Waals surface area contributed by atoms with Crippen molar-refractivity contribution in [3.63, 3.8) is 0 Å². The molecule has 0 atom stereocenters. The van der Waals surface area contributed by atoms with Gasteiger partial charge in [0.2, 0.25) is 15.9 Å². The molecular formula is C18H28N2O4S. The maximum absolute atomic E-state index is 12.1. The summed E-state index contributed by atoms with van der Waals surface area (Å²) in [6.07, 6.45) is 6.95. The minimum Gasteiger partial charge on any atom is -0.378 e. The Bertz CT molecular complexity index is 669. The number of anilines is 1. The molecule has 0 saturated heterocycles. The highest BCUT2D eigenvalue weighted by Gasteiger charge is 2.22. The Morgan fingerprint density at radius 1 is 1.28 bits per heavy atom. The van der Waals surface area contributed by atoms with Gasteiger partial charge in [0.1, 0.15) is 6.54 Å². The van der Waals surface area contributed by atoms with Crippen molar-refractivity contribution in [1.82, 2.24) is 5.32 Å². The summed E-state index contributed by atoms with van der Waals surface area (Å²) in [4.78, 5) is 12.1. The van der Waals surface area contributed by atoms with Crippen molar-refractivity contribution in [2.24, 2.45) is 0 Å². The van der Waals surface area contributed by atoms with Gasteiger partial charge in [-0.1, -0.05) is 31.0 Å². The van der Waals surface area contributed by atoms with Gasteiger partial charge >= 0.3 is 0 Å². The molecule has 1 saturated carbocycles. The lowest BCUT2D eigenvalue weighted by molar-refractivity contribution is -0.119. The molecule has 1 aliphatic rings. The van der Waals surface area contributed by atoms with E-state index in [1.807, 2.05) is 19.1 Å². The van der Waals surface area contributed by atoms with Crippen molar-refractivity contribution in [3.05, 3.63) is 29.8 Å². The number of amides is 1. The van der Waals surface area contributed by atoms with Gasteiger partial charge in [0, 0.05) is 13.2 Å². The molecule has 25 heavy (non-hydrogen) atoms. The van der Waals surface area contributed by atoms with Crippen LogP contribution in [0.5, 0.6) is 0 Å². The number of benzene rings is 1. The average Bonchev–Trinajstić information content (AvgIpc) is 3.05. The minimum absolute atomic E-state index is 0.215. The third kappa shape index (κ3) is 6.32. The molecule has 0 radical (unpaired) electrons. The smallest absolute Gasteiger partial charge is 0.240 e. The Kier molecular flexibility index (Phi) is 7.25. The van der Waals surface area contributed by atoms with E-state index in [2.05, 4.69) is 5.32 Å². The first kappa shape index (κ1) is 19.7. The van der Waals surface area contributed by atoms with Crippen LogP contribution in [0.3, 0.4) is 0 Å². The molecule has 1 amide bonds. The Morgan fingerprint density at radius 3 is 2.60 bits per heavy atom. The van der Waals surface area contributed by atoms with Crippen LogP contribution in [0.4, 0.5) is 5.69 Å². The van der Waals surface area contributed by atoms with Gasteiger partial charge in [-0.15, -0.1) is 0 Å². The predicted octanol–water partition coefficient (Wildman–Crippen LogP) is 2.23. The second-order valence-corrected chi connectivity index (χ2v) is 8.44. The Balaban J connectivity index is 1.80. The standard InChI is InChI=1S/C18H28N2O4S/c1-15-8-3-6-11-17(15)20(25(2,22)23)14-18(21)19-12-7-13-24-16-9-4-5-10-16/h3,6,8,11,16H,4-5,7,9-10,12-14H2,1-2H3,(H,19,21). The Morgan fingerprint density at radius 2 is 1.96 bits per heavy atom. The van der Waals surface area contributed by atoms with Gasteiger partial charge in [-0.05, 0) is 37.8 Å². The van der Waals surface area contributed by atoms with Gasteiger partial charge in [0.25, 0.3) is 0 Å². The molecule has 0 bridgehead atoms. The van der Waals surface area contributed by atoms with Crippen molar-refractivity contribution in [3.8, 4) is 0 Å². The van der Waals surface area contributed by atoms with Crippen LogP contribution in [-0.2, 0) is 19.6 Å². The lowest BCUT2D eigenvalue weighted by Gasteiger charge is -2.23. The molecule has 0 aliphatic heterocycles. The van der Waals surface area contributed by atoms with Gasteiger partial charge in [0.15, 0.2) is 0 Å². The number of carbonyl (C=O) groups excluding carboxylic acids is 1. The molecule has 0 heterocycles. The molecule has 1 aromatic carbocycles. The number of ether oxygens (including phenoxy) is 1. The van der Waals surface area contributed by atoms with Crippen molar-refractivity contribution in [1.29, 1.82) is 0 Å². The van der Waals surface area contributed by atoms with Crippen molar-refractivity contribution < 1.29 is 17.9 Å². The highest BCUT2D eigenvalue weighted by molar-refractivity contribution is 7.92. The van der Waals surface area contributed by atoms with Crippen molar-refractivity contribution in [2.75, 3.05) is 30.3 Å². The molecular weight excluding hydrogens is 340 g/mol. The fraction of sp³-hybridized carbons (Fsp3) is 0.611. The summed E-state index contributed by atoms with van der Waals surface area (Å²) < 4.78 is 31.0. The maximum Gasteiger partial charge on any atom is 0.240 e. The first-order valence-electron chi connectivity index (χ1n) is 8.79. The van der Waals surface area contributed by atoms with E-state index in [1.54, 1.807) is 12.1 Å². The molecule has 1 fully saturated rings.